The zero-order chi connectivity index (χ0) is 14.5. The number of phenols is 1. The van der Waals surface area contributed by atoms with E-state index in [4.69, 9.17) is 4.74 Å². The second kappa shape index (κ2) is 6.26. The van der Waals surface area contributed by atoms with Crippen molar-refractivity contribution in [3.63, 3.8) is 0 Å². The average Bonchev–Trinajstić information content (AvgIpc) is 2.48. The van der Waals surface area contributed by atoms with Crippen molar-refractivity contribution < 1.29 is 14.9 Å². The van der Waals surface area contributed by atoms with E-state index < -0.39 is 0 Å². The van der Waals surface area contributed by atoms with Gasteiger partial charge in [0.1, 0.15) is 11.5 Å². The molecule has 2 rings (SSSR count). The van der Waals surface area contributed by atoms with Gasteiger partial charge < -0.3 is 14.9 Å². The van der Waals surface area contributed by atoms with Crippen molar-refractivity contribution in [2.75, 3.05) is 13.7 Å². The quantitative estimate of drug-likeness (QED) is 0.897. The maximum absolute atomic E-state index is 9.67. The monoisotopic (exact) mass is 270 g/mol. The van der Waals surface area contributed by atoms with Crippen LogP contribution >= 0.6 is 0 Å². The van der Waals surface area contributed by atoms with E-state index >= 15 is 0 Å². The molecule has 0 heterocycles. The summed E-state index contributed by atoms with van der Waals surface area (Å²) in [6.45, 7) is 1.92. The Labute approximate surface area is 118 Å². The number of benzene rings is 2. The predicted molar refractivity (Wildman–Crippen MR) is 80.0 cm³/mol. The number of aromatic hydroxyl groups is 1. The molecule has 3 heteroatoms. The molecule has 0 aliphatic heterocycles. The molecule has 0 bridgehead atoms. The lowest BCUT2D eigenvalue weighted by molar-refractivity contribution is 0.343. The Bertz CT molecular complexity index is 613. The molecule has 0 aromatic heterocycles. The minimum Gasteiger partial charge on any atom is -0.508 e. The normalized spacial score (nSPS) is 11.4. The van der Waals surface area contributed by atoms with Crippen molar-refractivity contribution >= 4 is 5.57 Å². The molecule has 0 unspecified atom stereocenters. The molecule has 0 amide bonds. The molecule has 0 aliphatic rings. The third-order valence-electron chi connectivity index (χ3n) is 3.21. The molecule has 0 spiro atoms. The number of aliphatic hydroxyl groups excluding tert-OH is 1. The van der Waals surface area contributed by atoms with E-state index in [1.807, 2.05) is 37.3 Å². The number of hydrogen-bond acceptors (Lipinski definition) is 3. The van der Waals surface area contributed by atoms with Crippen molar-refractivity contribution in [3.05, 3.63) is 65.2 Å². The first-order valence-electron chi connectivity index (χ1n) is 6.41. The highest BCUT2D eigenvalue weighted by molar-refractivity contribution is 5.82. The van der Waals surface area contributed by atoms with Crippen LogP contribution in [0.15, 0.2) is 48.5 Å². The molecular weight excluding hydrogens is 252 g/mol. The van der Waals surface area contributed by atoms with Crippen molar-refractivity contribution in [1.29, 1.82) is 0 Å². The van der Waals surface area contributed by atoms with Crippen LogP contribution in [0, 0.1) is 6.92 Å². The van der Waals surface area contributed by atoms with Gasteiger partial charge in [0.25, 0.3) is 0 Å². The zero-order valence-corrected chi connectivity index (χ0v) is 11.6. The summed E-state index contributed by atoms with van der Waals surface area (Å²) in [4.78, 5) is 0. The Morgan fingerprint density at radius 3 is 2.45 bits per heavy atom. The third kappa shape index (κ3) is 3.00. The van der Waals surface area contributed by atoms with Crippen molar-refractivity contribution in [2.45, 2.75) is 6.92 Å². The van der Waals surface area contributed by atoms with E-state index in [1.54, 1.807) is 25.3 Å². The lowest BCUT2D eigenvalue weighted by Gasteiger charge is -2.12. The molecule has 0 aliphatic carbocycles. The second-order valence-corrected chi connectivity index (χ2v) is 4.53. The lowest BCUT2D eigenvalue weighted by atomic mass is 9.94. The predicted octanol–water partition coefficient (Wildman–Crippen LogP) is 3.13. The molecule has 0 radical (unpaired) electrons. The smallest absolute Gasteiger partial charge is 0.118 e. The summed E-state index contributed by atoms with van der Waals surface area (Å²) in [5, 5.41) is 18.9. The van der Waals surface area contributed by atoms with Gasteiger partial charge in [-0.1, -0.05) is 24.3 Å². The topological polar surface area (TPSA) is 49.7 Å². The fourth-order valence-electron chi connectivity index (χ4n) is 2.15. The van der Waals surface area contributed by atoms with Gasteiger partial charge in [-0.3, -0.25) is 0 Å². The number of rotatable bonds is 4. The summed E-state index contributed by atoms with van der Waals surface area (Å²) in [6.07, 6.45) is 1.74. The first-order chi connectivity index (χ1) is 9.65. The van der Waals surface area contributed by atoms with E-state index in [2.05, 4.69) is 0 Å². The zero-order valence-electron chi connectivity index (χ0n) is 11.6. The molecule has 2 aromatic carbocycles. The van der Waals surface area contributed by atoms with Crippen LogP contribution < -0.4 is 4.74 Å². The van der Waals surface area contributed by atoms with Crippen LogP contribution in [-0.4, -0.2) is 23.9 Å². The maximum atomic E-state index is 9.67. The molecule has 0 fully saturated rings. The molecular formula is C17H18O3. The number of aliphatic hydroxyl groups is 1. The Hall–Kier alpha value is -2.26. The van der Waals surface area contributed by atoms with Gasteiger partial charge in [-0.2, -0.15) is 0 Å². The van der Waals surface area contributed by atoms with Gasteiger partial charge >= 0.3 is 0 Å². The van der Waals surface area contributed by atoms with E-state index in [0.29, 0.717) is 0 Å². The Morgan fingerprint density at radius 2 is 1.85 bits per heavy atom. The van der Waals surface area contributed by atoms with Crippen molar-refractivity contribution in [1.82, 2.24) is 0 Å². The number of aryl methyl sites for hydroxylation is 1. The summed E-state index contributed by atoms with van der Waals surface area (Å²) >= 11 is 0. The Kier molecular flexibility index (Phi) is 4.43. The summed E-state index contributed by atoms with van der Waals surface area (Å²) in [5.41, 5.74) is 3.81. The fourth-order valence-corrected chi connectivity index (χ4v) is 2.15. The number of phenolic OH excluding ortho intramolecular Hbond substituents is 1. The molecule has 2 N–H and O–H groups in total. The minimum atomic E-state index is -0.0591. The molecule has 0 saturated carbocycles. The van der Waals surface area contributed by atoms with E-state index in [0.717, 1.165) is 28.0 Å². The molecule has 0 saturated heterocycles. The summed E-state index contributed by atoms with van der Waals surface area (Å²) in [6, 6.07) is 12.8. The number of ether oxygens (including phenoxy) is 1. The van der Waals surface area contributed by atoms with Crippen LogP contribution in [0.5, 0.6) is 11.5 Å². The van der Waals surface area contributed by atoms with Gasteiger partial charge in [0.15, 0.2) is 0 Å². The molecule has 0 atom stereocenters. The number of hydrogen-bond donors (Lipinski definition) is 2. The van der Waals surface area contributed by atoms with E-state index in [9.17, 15) is 10.2 Å². The second-order valence-electron chi connectivity index (χ2n) is 4.53. The highest BCUT2D eigenvalue weighted by Gasteiger charge is 2.09. The van der Waals surface area contributed by atoms with E-state index in [1.165, 1.54) is 0 Å². The van der Waals surface area contributed by atoms with Crippen LogP contribution in [0.25, 0.3) is 5.57 Å². The number of methoxy groups -OCH3 is 1. The Balaban J connectivity index is 2.50. The summed E-state index contributed by atoms with van der Waals surface area (Å²) in [5.74, 6) is 0.993. The highest BCUT2D eigenvalue weighted by Crippen LogP contribution is 2.29. The Morgan fingerprint density at radius 1 is 1.15 bits per heavy atom. The SMILES string of the molecule is COc1ccc(/C(=C/CO)c2cc(O)ccc2C)cc1. The van der Waals surface area contributed by atoms with Gasteiger partial charge in [-0.15, -0.1) is 0 Å². The molecule has 2 aromatic rings. The summed E-state index contributed by atoms with van der Waals surface area (Å²) < 4.78 is 5.15. The fraction of sp³-hybridized carbons (Fsp3) is 0.176. The van der Waals surface area contributed by atoms with Crippen LogP contribution in [-0.2, 0) is 0 Å². The average molecular weight is 270 g/mol. The molecule has 104 valence electrons. The standard InChI is InChI=1S/C17H18O3/c1-12-3-6-14(19)11-17(12)16(9-10-18)13-4-7-15(20-2)8-5-13/h3-9,11,18-19H,10H2,1-2H3/b16-9-. The summed E-state index contributed by atoms with van der Waals surface area (Å²) in [7, 11) is 1.62. The van der Waals surface area contributed by atoms with Gasteiger partial charge in [0.2, 0.25) is 0 Å². The van der Waals surface area contributed by atoms with Gasteiger partial charge in [-0.05, 0) is 53.5 Å². The first kappa shape index (κ1) is 14.2. The van der Waals surface area contributed by atoms with Crippen LogP contribution in [0.3, 0.4) is 0 Å². The van der Waals surface area contributed by atoms with Crippen LogP contribution in [0.4, 0.5) is 0 Å². The van der Waals surface area contributed by atoms with Gasteiger partial charge in [0.05, 0.1) is 13.7 Å². The first-order valence-corrected chi connectivity index (χ1v) is 6.41. The van der Waals surface area contributed by atoms with Crippen LogP contribution in [0.1, 0.15) is 16.7 Å². The molecule has 3 nitrogen and oxygen atoms in total. The van der Waals surface area contributed by atoms with Crippen molar-refractivity contribution in [2.24, 2.45) is 0 Å². The largest absolute Gasteiger partial charge is 0.508 e. The van der Waals surface area contributed by atoms with E-state index in [-0.39, 0.29) is 12.4 Å². The maximum Gasteiger partial charge on any atom is 0.118 e. The van der Waals surface area contributed by atoms with Crippen molar-refractivity contribution in [3.8, 4) is 11.5 Å². The highest BCUT2D eigenvalue weighted by atomic mass is 16.5. The van der Waals surface area contributed by atoms with Gasteiger partial charge in [0, 0.05) is 0 Å². The third-order valence-corrected chi connectivity index (χ3v) is 3.21. The van der Waals surface area contributed by atoms with Crippen LogP contribution in [0.2, 0.25) is 0 Å². The minimum absolute atomic E-state index is 0.0591. The van der Waals surface area contributed by atoms with Gasteiger partial charge in [-0.25, -0.2) is 0 Å². The lowest BCUT2D eigenvalue weighted by Crippen LogP contribution is -1.94. The molecule has 20 heavy (non-hydrogen) atoms.